The molecule has 3 aromatic carbocycles. The Morgan fingerprint density at radius 2 is 1.69 bits per heavy atom. The molecule has 3 heterocycles. The standard InChI is InChI=1S/C27H25ClN6O/c1-32-26(29-17-30-32)18-10-11-24(22(28)16-18)33-12-14-34(15-13-33)25-19-6-2-3-7-20(19)27(35)31-23-9-5-4-8-21(23)25/h2-11,16-17,25H,12-15H2,1H3,(H,31,35). The lowest BCUT2D eigenvalue weighted by Gasteiger charge is -2.41. The number of piperazine rings is 1. The van der Waals surface area contributed by atoms with Crippen molar-refractivity contribution in [3.05, 3.63) is 94.8 Å². The minimum atomic E-state index is -0.0519. The molecular formula is C27H25ClN6O. The summed E-state index contributed by atoms with van der Waals surface area (Å²) in [7, 11) is 1.87. The maximum atomic E-state index is 12.9. The number of para-hydroxylation sites is 1. The van der Waals surface area contributed by atoms with Gasteiger partial charge in [0.25, 0.3) is 5.91 Å². The second kappa shape index (κ2) is 8.83. The molecule has 2 aliphatic heterocycles. The molecule has 4 aromatic rings. The third-order valence-corrected chi connectivity index (χ3v) is 7.24. The number of aryl methyl sites for hydroxylation is 1. The van der Waals surface area contributed by atoms with E-state index in [0.29, 0.717) is 5.02 Å². The van der Waals surface area contributed by atoms with Crippen molar-refractivity contribution in [3.63, 3.8) is 0 Å². The predicted octanol–water partition coefficient (Wildman–Crippen LogP) is 4.61. The van der Waals surface area contributed by atoms with E-state index in [-0.39, 0.29) is 11.9 Å². The van der Waals surface area contributed by atoms with E-state index >= 15 is 0 Å². The summed E-state index contributed by atoms with van der Waals surface area (Å²) in [6.45, 7) is 3.38. The van der Waals surface area contributed by atoms with Gasteiger partial charge in [-0.3, -0.25) is 9.69 Å². The lowest BCUT2D eigenvalue weighted by Crippen LogP contribution is -2.48. The number of nitrogens with one attached hydrogen (secondary N) is 1. The normalized spacial score (nSPS) is 17.9. The van der Waals surface area contributed by atoms with Gasteiger partial charge in [-0.15, -0.1) is 0 Å². The molecule has 1 aromatic heterocycles. The van der Waals surface area contributed by atoms with Crippen LogP contribution in [0.3, 0.4) is 0 Å². The number of anilines is 2. The van der Waals surface area contributed by atoms with Crippen LogP contribution in [0.4, 0.5) is 11.4 Å². The highest BCUT2D eigenvalue weighted by atomic mass is 35.5. The summed E-state index contributed by atoms with van der Waals surface area (Å²) < 4.78 is 1.74. The molecule has 1 fully saturated rings. The zero-order chi connectivity index (χ0) is 23.9. The van der Waals surface area contributed by atoms with Crippen molar-refractivity contribution >= 4 is 28.9 Å². The van der Waals surface area contributed by atoms with Crippen molar-refractivity contribution < 1.29 is 4.79 Å². The maximum absolute atomic E-state index is 12.9. The van der Waals surface area contributed by atoms with Gasteiger partial charge >= 0.3 is 0 Å². The molecule has 0 bridgehead atoms. The molecule has 8 heteroatoms. The fourth-order valence-corrected chi connectivity index (χ4v) is 5.52. The van der Waals surface area contributed by atoms with Crippen LogP contribution in [-0.2, 0) is 7.05 Å². The summed E-state index contributed by atoms with van der Waals surface area (Å²) in [6, 6.07) is 22.1. The minimum absolute atomic E-state index is 0.0114. The first-order valence-electron chi connectivity index (χ1n) is 11.7. The van der Waals surface area contributed by atoms with E-state index in [4.69, 9.17) is 11.6 Å². The first kappa shape index (κ1) is 21.8. The van der Waals surface area contributed by atoms with E-state index in [2.05, 4.69) is 43.4 Å². The molecule has 1 saturated heterocycles. The quantitative estimate of drug-likeness (QED) is 0.460. The van der Waals surface area contributed by atoms with Crippen molar-refractivity contribution in [1.82, 2.24) is 19.7 Å². The van der Waals surface area contributed by atoms with Gasteiger partial charge in [0.1, 0.15) is 6.33 Å². The van der Waals surface area contributed by atoms with Gasteiger partial charge in [-0.25, -0.2) is 9.67 Å². The molecular weight excluding hydrogens is 460 g/mol. The average Bonchev–Trinajstić information content (AvgIpc) is 3.26. The largest absolute Gasteiger partial charge is 0.368 e. The van der Waals surface area contributed by atoms with Crippen LogP contribution in [-0.4, -0.2) is 51.8 Å². The van der Waals surface area contributed by atoms with E-state index in [1.165, 1.54) is 0 Å². The number of aromatic nitrogens is 3. The highest BCUT2D eigenvalue weighted by Gasteiger charge is 2.33. The van der Waals surface area contributed by atoms with Gasteiger partial charge in [-0.1, -0.05) is 48.0 Å². The molecule has 0 radical (unpaired) electrons. The van der Waals surface area contributed by atoms with Crippen LogP contribution < -0.4 is 10.2 Å². The van der Waals surface area contributed by atoms with Crippen molar-refractivity contribution in [2.45, 2.75) is 6.04 Å². The summed E-state index contributed by atoms with van der Waals surface area (Å²) in [4.78, 5) is 22.1. The number of carbonyl (C=O) groups is 1. The Hall–Kier alpha value is -3.68. The number of nitrogens with zero attached hydrogens (tertiary/aromatic N) is 5. The third-order valence-electron chi connectivity index (χ3n) is 6.94. The molecule has 2 aliphatic rings. The van der Waals surface area contributed by atoms with Crippen LogP contribution >= 0.6 is 11.6 Å². The van der Waals surface area contributed by atoms with Gasteiger partial charge in [-0.2, -0.15) is 5.10 Å². The number of hydrogen-bond acceptors (Lipinski definition) is 5. The first-order valence-corrected chi connectivity index (χ1v) is 12.1. The van der Waals surface area contributed by atoms with E-state index in [0.717, 1.165) is 65.6 Å². The Morgan fingerprint density at radius 3 is 2.43 bits per heavy atom. The van der Waals surface area contributed by atoms with Crippen LogP contribution in [0.1, 0.15) is 27.5 Å². The topological polar surface area (TPSA) is 66.3 Å². The summed E-state index contributed by atoms with van der Waals surface area (Å²) in [5.74, 6) is 0.737. The second-order valence-corrected chi connectivity index (χ2v) is 9.33. The van der Waals surface area contributed by atoms with Crippen molar-refractivity contribution in [3.8, 4) is 11.4 Å². The van der Waals surface area contributed by atoms with E-state index in [1.807, 2.05) is 55.6 Å². The molecule has 35 heavy (non-hydrogen) atoms. The number of amides is 1. The number of halogens is 1. The van der Waals surface area contributed by atoms with E-state index < -0.39 is 0 Å². The number of rotatable bonds is 3. The highest BCUT2D eigenvalue weighted by Crippen LogP contribution is 2.39. The highest BCUT2D eigenvalue weighted by molar-refractivity contribution is 6.33. The second-order valence-electron chi connectivity index (χ2n) is 8.93. The summed E-state index contributed by atoms with van der Waals surface area (Å²) in [5.41, 5.74) is 5.76. The minimum Gasteiger partial charge on any atom is -0.368 e. The molecule has 7 nitrogen and oxygen atoms in total. The molecule has 1 N–H and O–H groups in total. The number of benzene rings is 3. The summed E-state index contributed by atoms with van der Waals surface area (Å²) in [5, 5.41) is 7.97. The van der Waals surface area contributed by atoms with Crippen LogP contribution in [0.25, 0.3) is 11.4 Å². The van der Waals surface area contributed by atoms with Crippen molar-refractivity contribution in [2.24, 2.45) is 7.05 Å². The van der Waals surface area contributed by atoms with Crippen LogP contribution in [0.5, 0.6) is 0 Å². The van der Waals surface area contributed by atoms with Gasteiger partial charge in [0.05, 0.1) is 16.8 Å². The fraction of sp³-hybridized carbons (Fsp3) is 0.222. The number of hydrogen-bond donors (Lipinski definition) is 1. The summed E-state index contributed by atoms with van der Waals surface area (Å²) >= 11 is 6.73. The monoisotopic (exact) mass is 484 g/mol. The number of carbonyl (C=O) groups excluding carboxylic acids is 1. The average molecular weight is 485 g/mol. The SMILES string of the molecule is Cn1ncnc1-c1ccc(N2CCN(C3c4ccccc4NC(=O)c4ccccc43)CC2)c(Cl)c1. The molecule has 0 saturated carbocycles. The Morgan fingerprint density at radius 1 is 0.943 bits per heavy atom. The lowest BCUT2D eigenvalue weighted by molar-refractivity contribution is 0.102. The molecule has 0 spiro atoms. The van der Waals surface area contributed by atoms with E-state index in [9.17, 15) is 4.79 Å². The number of fused-ring (bicyclic) bond motifs is 2. The van der Waals surface area contributed by atoms with Crippen LogP contribution in [0.15, 0.2) is 73.1 Å². The smallest absolute Gasteiger partial charge is 0.256 e. The van der Waals surface area contributed by atoms with Crippen LogP contribution in [0, 0.1) is 0 Å². The third kappa shape index (κ3) is 3.87. The van der Waals surface area contributed by atoms with E-state index in [1.54, 1.807) is 11.0 Å². The van der Waals surface area contributed by atoms with Crippen LogP contribution in [0.2, 0.25) is 5.02 Å². The summed E-state index contributed by atoms with van der Waals surface area (Å²) in [6.07, 6.45) is 1.54. The van der Waals surface area contributed by atoms with Gasteiger partial charge in [0.15, 0.2) is 5.82 Å². The zero-order valence-corrected chi connectivity index (χ0v) is 20.1. The maximum Gasteiger partial charge on any atom is 0.256 e. The Labute approximate surface area is 209 Å². The molecule has 1 unspecified atom stereocenters. The lowest BCUT2D eigenvalue weighted by atomic mass is 9.93. The zero-order valence-electron chi connectivity index (χ0n) is 19.4. The van der Waals surface area contributed by atoms with Gasteiger partial charge in [0.2, 0.25) is 0 Å². The molecule has 0 aliphatic carbocycles. The fourth-order valence-electron chi connectivity index (χ4n) is 5.22. The van der Waals surface area contributed by atoms with Crippen molar-refractivity contribution in [1.29, 1.82) is 0 Å². The molecule has 1 atom stereocenters. The Balaban J connectivity index is 1.27. The van der Waals surface area contributed by atoms with Gasteiger partial charge in [-0.05, 0) is 41.5 Å². The Bertz CT molecular complexity index is 1410. The van der Waals surface area contributed by atoms with Crippen molar-refractivity contribution in [2.75, 3.05) is 36.4 Å². The van der Waals surface area contributed by atoms with Gasteiger partial charge < -0.3 is 10.2 Å². The predicted molar refractivity (Wildman–Crippen MR) is 138 cm³/mol. The Kier molecular flexibility index (Phi) is 5.51. The molecule has 1 amide bonds. The molecule has 176 valence electrons. The molecule has 6 rings (SSSR count). The van der Waals surface area contributed by atoms with Gasteiger partial charge in [0, 0.05) is 50.0 Å². The first-order chi connectivity index (χ1) is 17.1.